The largest absolute Gasteiger partial charge is 0.357 e. The maximum absolute atomic E-state index is 3.77. The van der Waals surface area contributed by atoms with E-state index in [2.05, 4.69) is 34.6 Å². The van der Waals surface area contributed by atoms with E-state index in [9.17, 15) is 0 Å². The van der Waals surface area contributed by atoms with Gasteiger partial charge in [-0.05, 0) is 43.4 Å². The lowest BCUT2D eigenvalue weighted by Crippen LogP contribution is -2.35. The summed E-state index contributed by atoms with van der Waals surface area (Å²) in [5.74, 6) is 0.834. The number of nitrogens with one attached hydrogen (secondary N) is 2. The van der Waals surface area contributed by atoms with E-state index in [1.54, 1.807) is 5.56 Å². The molecule has 0 radical (unpaired) electrons. The summed E-state index contributed by atoms with van der Waals surface area (Å²) in [4.78, 5) is 3.70. The SMILES string of the molecule is c1ccc2c3c([nH]c2c1)C(C1CCCCC1)NCC3. The Bertz CT molecular complexity index is 578. The lowest BCUT2D eigenvalue weighted by Gasteiger charge is -2.34. The molecule has 2 heteroatoms. The van der Waals surface area contributed by atoms with Gasteiger partial charge in [0.15, 0.2) is 0 Å². The highest BCUT2D eigenvalue weighted by Crippen LogP contribution is 2.39. The Morgan fingerprint density at radius 2 is 1.84 bits per heavy atom. The number of aromatic nitrogens is 1. The zero-order chi connectivity index (χ0) is 12.7. The quantitative estimate of drug-likeness (QED) is 0.792. The van der Waals surface area contributed by atoms with Gasteiger partial charge in [0.05, 0.1) is 6.04 Å². The van der Waals surface area contributed by atoms with Crippen molar-refractivity contribution in [1.82, 2.24) is 10.3 Å². The van der Waals surface area contributed by atoms with Crippen LogP contribution >= 0.6 is 0 Å². The van der Waals surface area contributed by atoms with Crippen LogP contribution in [0.15, 0.2) is 24.3 Å². The van der Waals surface area contributed by atoms with E-state index in [4.69, 9.17) is 0 Å². The van der Waals surface area contributed by atoms with Crippen LogP contribution in [0.4, 0.5) is 0 Å². The number of fused-ring (bicyclic) bond motifs is 3. The Morgan fingerprint density at radius 3 is 2.74 bits per heavy atom. The van der Waals surface area contributed by atoms with Crippen LogP contribution in [0.25, 0.3) is 10.9 Å². The number of hydrogen-bond acceptors (Lipinski definition) is 1. The van der Waals surface area contributed by atoms with Crippen molar-refractivity contribution in [2.24, 2.45) is 5.92 Å². The molecule has 2 N–H and O–H groups in total. The average molecular weight is 254 g/mol. The van der Waals surface area contributed by atoms with Crippen LogP contribution in [-0.2, 0) is 6.42 Å². The van der Waals surface area contributed by atoms with Gasteiger partial charge in [-0.25, -0.2) is 0 Å². The molecule has 1 aliphatic carbocycles. The van der Waals surface area contributed by atoms with Gasteiger partial charge in [-0.15, -0.1) is 0 Å². The maximum Gasteiger partial charge on any atom is 0.0504 e. The summed E-state index contributed by atoms with van der Waals surface area (Å²) in [5, 5.41) is 5.22. The van der Waals surface area contributed by atoms with Gasteiger partial charge in [0.2, 0.25) is 0 Å². The Labute approximate surface area is 114 Å². The molecule has 1 aliphatic heterocycles. The molecule has 1 aromatic carbocycles. The fourth-order valence-electron chi connectivity index (χ4n) is 4.08. The van der Waals surface area contributed by atoms with E-state index in [1.165, 1.54) is 55.1 Å². The van der Waals surface area contributed by atoms with Crippen molar-refractivity contribution in [2.45, 2.75) is 44.6 Å². The third-order valence-electron chi connectivity index (χ3n) is 5.02. The second kappa shape index (κ2) is 4.68. The average Bonchev–Trinajstić information content (AvgIpc) is 2.87. The molecule has 2 aliphatic rings. The number of H-pyrrole nitrogens is 1. The molecule has 1 fully saturated rings. The van der Waals surface area contributed by atoms with Crippen LogP contribution in [0.1, 0.15) is 49.4 Å². The summed E-state index contributed by atoms with van der Waals surface area (Å²) < 4.78 is 0. The molecule has 0 saturated heterocycles. The summed E-state index contributed by atoms with van der Waals surface area (Å²) in [6.45, 7) is 1.13. The van der Waals surface area contributed by atoms with Crippen LogP contribution in [0.2, 0.25) is 0 Å². The topological polar surface area (TPSA) is 27.8 Å². The predicted molar refractivity (Wildman–Crippen MR) is 79.3 cm³/mol. The van der Waals surface area contributed by atoms with Crippen molar-refractivity contribution < 1.29 is 0 Å². The molecule has 2 heterocycles. The third-order valence-corrected chi connectivity index (χ3v) is 5.02. The second-order valence-electron chi connectivity index (χ2n) is 6.14. The number of benzene rings is 1. The van der Waals surface area contributed by atoms with E-state index >= 15 is 0 Å². The van der Waals surface area contributed by atoms with Gasteiger partial charge in [-0.3, -0.25) is 0 Å². The first-order chi connectivity index (χ1) is 9.43. The maximum atomic E-state index is 3.77. The molecule has 1 atom stereocenters. The van der Waals surface area contributed by atoms with E-state index in [0.29, 0.717) is 6.04 Å². The first-order valence-corrected chi connectivity index (χ1v) is 7.76. The normalized spacial score (nSPS) is 24.5. The van der Waals surface area contributed by atoms with Crippen LogP contribution < -0.4 is 5.32 Å². The summed E-state index contributed by atoms with van der Waals surface area (Å²) in [6.07, 6.45) is 8.22. The molecule has 0 amide bonds. The number of aromatic amines is 1. The predicted octanol–water partition coefficient (Wildman–Crippen LogP) is 3.94. The van der Waals surface area contributed by atoms with Gasteiger partial charge in [0.1, 0.15) is 0 Å². The van der Waals surface area contributed by atoms with Gasteiger partial charge >= 0.3 is 0 Å². The molecule has 1 saturated carbocycles. The van der Waals surface area contributed by atoms with Gasteiger partial charge in [-0.1, -0.05) is 37.5 Å². The lowest BCUT2D eigenvalue weighted by atomic mass is 9.80. The third kappa shape index (κ3) is 1.90. The summed E-state index contributed by atoms with van der Waals surface area (Å²) in [7, 11) is 0. The molecule has 4 rings (SSSR count). The van der Waals surface area contributed by atoms with Crippen LogP contribution in [0.3, 0.4) is 0 Å². The van der Waals surface area contributed by atoms with Crippen molar-refractivity contribution in [3.63, 3.8) is 0 Å². The Balaban J connectivity index is 1.77. The van der Waals surface area contributed by atoms with Gasteiger partial charge < -0.3 is 10.3 Å². The Morgan fingerprint density at radius 1 is 1.00 bits per heavy atom. The molecule has 2 nitrogen and oxygen atoms in total. The van der Waals surface area contributed by atoms with E-state index in [1.807, 2.05) is 0 Å². The Hall–Kier alpha value is -1.28. The molecule has 0 bridgehead atoms. The zero-order valence-corrected chi connectivity index (χ0v) is 11.4. The van der Waals surface area contributed by atoms with Crippen molar-refractivity contribution in [3.05, 3.63) is 35.5 Å². The molecule has 19 heavy (non-hydrogen) atoms. The Kier molecular flexibility index (Phi) is 2.84. The molecular weight excluding hydrogens is 232 g/mol. The van der Waals surface area contributed by atoms with Crippen LogP contribution in [-0.4, -0.2) is 11.5 Å². The van der Waals surface area contributed by atoms with E-state index < -0.39 is 0 Å². The van der Waals surface area contributed by atoms with Crippen molar-refractivity contribution in [3.8, 4) is 0 Å². The highest BCUT2D eigenvalue weighted by molar-refractivity contribution is 5.85. The highest BCUT2D eigenvalue weighted by atomic mass is 15.0. The van der Waals surface area contributed by atoms with E-state index in [-0.39, 0.29) is 0 Å². The van der Waals surface area contributed by atoms with Crippen molar-refractivity contribution in [1.29, 1.82) is 0 Å². The van der Waals surface area contributed by atoms with Gasteiger partial charge in [0.25, 0.3) is 0 Å². The molecule has 100 valence electrons. The number of para-hydroxylation sites is 1. The first kappa shape index (κ1) is 11.5. The molecular formula is C17H22N2. The minimum absolute atomic E-state index is 0.566. The molecule has 0 spiro atoms. The molecule has 1 unspecified atom stereocenters. The fourth-order valence-corrected chi connectivity index (χ4v) is 4.08. The fraction of sp³-hybridized carbons (Fsp3) is 0.529. The number of rotatable bonds is 1. The summed E-state index contributed by atoms with van der Waals surface area (Å²) >= 11 is 0. The highest BCUT2D eigenvalue weighted by Gasteiger charge is 2.30. The van der Waals surface area contributed by atoms with Crippen molar-refractivity contribution in [2.75, 3.05) is 6.54 Å². The minimum atomic E-state index is 0.566. The monoisotopic (exact) mass is 254 g/mol. The van der Waals surface area contributed by atoms with Crippen LogP contribution in [0, 0.1) is 5.92 Å². The van der Waals surface area contributed by atoms with Crippen LogP contribution in [0.5, 0.6) is 0 Å². The van der Waals surface area contributed by atoms with Gasteiger partial charge in [0, 0.05) is 16.6 Å². The summed E-state index contributed by atoms with van der Waals surface area (Å²) in [6, 6.07) is 9.34. The lowest BCUT2D eigenvalue weighted by molar-refractivity contribution is 0.262. The minimum Gasteiger partial charge on any atom is -0.357 e. The van der Waals surface area contributed by atoms with Crippen molar-refractivity contribution >= 4 is 10.9 Å². The van der Waals surface area contributed by atoms with Gasteiger partial charge in [-0.2, -0.15) is 0 Å². The zero-order valence-electron chi connectivity index (χ0n) is 11.4. The molecule has 1 aromatic heterocycles. The number of hydrogen-bond donors (Lipinski definition) is 2. The van der Waals surface area contributed by atoms with E-state index in [0.717, 1.165) is 12.5 Å². The second-order valence-corrected chi connectivity index (χ2v) is 6.14. The smallest absolute Gasteiger partial charge is 0.0504 e. The first-order valence-electron chi connectivity index (χ1n) is 7.76. The standard InChI is InChI=1S/C17H22N2/c1-2-6-12(7-3-1)16-17-14(10-11-18-16)13-8-4-5-9-15(13)19-17/h4-5,8-9,12,16,18-19H,1-3,6-7,10-11H2. The molecule has 2 aromatic rings. The summed E-state index contributed by atoms with van der Waals surface area (Å²) in [5.41, 5.74) is 4.38.